The predicted octanol–water partition coefficient (Wildman–Crippen LogP) is 3.64. The molecule has 150 valence electrons. The summed E-state index contributed by atoms with van der Waals surface area (Å²) in [5.74, 6) is 0.511. The number of hydrogen-bond acceptors (Lipinski definition) is 5. The molecule has 2 unspecified atom stereocenters. The zero-order chi connectivity index (χ0) is 20.4. The van der Waals surface area contributed by atoms with Gasteiger partial charge in [0.2, 0.25) is 11.8 Å². The summed E-state index contributed by atoms with van der Waals surface area (Å²) in [5, 5.41) is 0. The van der Waals surface area contributed by atoms with Gasteiger partial charge in [0, 0.05) is 5.56 Å². The summed E-state index contributed by atoms with van der Waals surface area (Å²) in [5.41, 5.74) is 1.10. The van der Waals surface area contributed by atoms with E-state index in [4.69, 9.17) is 9.47 Å². The Morgan fingerprint density at radius 2 is 1.45 bits per heavy atom. The molecule has 6 heteroatoms. The maximum absolute atomic E-state index is 12.7. The fourth-order valence-electron chi connectivity index (χ4n) is 4.12. The van der Waals surface area contributed by atoms with Gasteiger partial charge in [0.25, 0.3) is 0 Å². The molecular weight excluding hydrogens is 370 g/mol. The van der Waals surface area contributed by atoms with Gasteiger partial charge in [-0.1, -0.05) is 12.8 Å². The molecular formula is C23H23NO5. The van der Waals surface area contributed by atoms with E-state index in [-0.39, 0.29) is 36.0 Å². The van der Waals surface area contributed by atoms with Crippen LogP contribution < -0.4 is 14.4 Å². The summed E-state index contributed by atoms with van der Waals surface area (Å²) in [4.78, 5) is 38.9. The number of hydrogen-bond donors (Lipinski definition) is 0. The Morgan fingerprint density at radius 1 is 0.897 bits per heavy atom. The number of rotatable bonds is 6. The minimum atomic E-state index is -0.172. The number of Topliss-reactive ketones (excluding diaryl/α,β-unsaturated/α-hetero) is 1. The maximum Gasteiger partial charge on any atom is 0.237 e. The van der Waals surface area contributed by atoms with Crippen LogP contribution in [0.3, 0.4) is 0 Å². The highest BCUT2D eigenvalue weighted by molar-refractivity contribution is 6.22. The molecule has 0 aromatic heterocycles. The number of imide groups is 1. The number of methoxy groups -OCH3 is 1. The molecule has 2 aliphatic rings. The summed E-state index contributed by atoms with van der Waals surface area (Å²) in [6, 6.07) is 13.6. The highest BCUT2D eigenvalue weighted by Gasteiger charge is 2.48. The number of amides is 2. The highest BCUT2D eigenvalue weighted by atomic mass is 16.5. The van der Waals surface area contributed by atoms with Gasteiger partial charge in [0.1, 0.15) is 11.5 Å². The lowest BCUT2D eigenvalue weighted by molar-refractivity contribution is -0.122. The van der Waals surface area contributed by atoms with Crippen molar-refractivity contribution in [3.8, 4) is 11.5 Å². The van der Waals surface area contributed by atoms with Crippen molar-refractivity contribution in [2.24, 2.45) is 11.8 Å². The average molecular weight is 393 g/mol. The first-order chi connectivity index (χ1) is 14.1. The molecule has 0 bridgehead atoms. The van der Waals surface area contributed by atoms with E-state index in [1.54, 1.807) is 55.6 Å². The standard InChI is InChI=1S/C23H23NO5/c1-28-17-10-6-15(7-11-17)21(25)14-29-18-12-8-16(9-13-18)24-22(26)19-4-2-3-5-20(19)23(24)27/h6-13,19-20H,2-5,14H2,1H3. The van der Waals surface area contributed by atoms with Gasteiger partial charge in [-0.2, -0.15) is 0 Å². The molecule has 29 heavy (non-hydrogen) atoms. The Hall–Kier alpha value is -3.15. The van der Waals surface area contributed by atoms with Crippen molar-refractivity contribution in [1.29, 1.82) is 0 Å². The van der Waals surface area contributed by atoms with Crippen LogP contribution in [0.2, 0.25) is 0 Å². The number of carbonyl (C=O) groups excluding carboxylic acids is 3. The lowest BCUT2D eigenvalue weighted by atomic mass is 9.81. The smallest absolute Gasteiger partial charge is 0.237 e. The van der Waals surface area contributed by atoms with E-state index in [9.17, 15) is 14.4 Å². The van der Waals surface area contributed by atoms with Crippen molar-refractivity contribution in [2.75, 3.05) is 18.6 Å². The van der Waals surface area contributed by atoms with E-state index < -0.39 is 0 Å². The lowest BCUT2D eigenvalue weighted by Gasteiger charge is -2.19. The van der Waals surface area contributed by atoms with Gasteiger partial charge >= 0.3 is 0 Å². The van der Waals surface area contributed by atoms with E-state index >= 15 is 0 Å². The van der Waals surface area contributed by atoms with Crippen molar-refractivity contribution in [3.05, 3.63) is 54.1 Å². The topological polar surface area (TPSA) is 72.9 Å². The summed E-state index contributed by atoms with van der Waals surface area (Å²) < 4.78 is 10.7. The molecule has 2 amide bonds. The molecule has 2 aromatic carbocycles. The van der Waals surface area contributed by atoms with Crippen LogP contribution in [0.4, 0.5) is 5.69 Å². The van der Waals surface area contributed by atoms with Gasteiger partial charge in [-0.05, 0) is 61.4 Å². The van der Waals surface area contributed by atoms with Crippen LogP contribution in [0.1, 0.15) is 36.0 Å². The molecule has 2 atom stereocenters. The number of carbonyl (C=O) groups is 3. The number of nitrogens with zero attached hydrogens (tertiary/aromatic N) is 1. The van der Waals surface area contributed by atoms with Crippen LogP contribution in [-0.4, -0.2) is 31.3 Å². The summed E-state index contributed by atoms with van der Waals surface area (Å²) in [7, 11) is 1.57. The second-order valence-electron chi connectivity index (χ2n) is 7.44. The van der Waals surface area contributed by atoms with Crippen molar-refractivity contribution in [2.45, 2.75) is 25.7 Å². The highest BCUT2D eigenvalue weighted by Crippen LogP contribution is 2.40. The van der Waals surface area contributed by atoms with Gasteiger partial charge < -0.3 is 9.47 Å². The average Bonchev–Trinajstić information content (AvgIpc) is 3.03. The van der Waals surface area contributed by atoms with Gasteiger partial charge in [0.15, 0.2) is 12.4 Å². The Bertz CT molecular complexity index is 895. The number of fused-ring (bicyclic) bond motifs is 1. The molecule has 6 nitrogen and oxygen atoms in total. The van der Waals surface area contributed by atoms with Crippen LogP contribution in [-0.2, 0) is 9.59 Å². The summed E-state index contributed by atoms with van der Waals surface area (Å²) in [6.45, 7) is -0.0998. The van der Waals surface area contributed by atoms with Crippen LogP contribution in [0.5, 0.6) is 11.5 Å². The largest absolute Gasteiger partial charge is 0.497 e. The second-order valence-corrected chi connectivity index (χ2v) is 7.44. The van der Waals surface area contributed by atoms with E-state index in [0.717, 1.165) is 25.7 Å². The van der Waals surface area contributed by atoms with Crippen molar-refractivity contribution in [3.63, 3.8) is 0 Å². The van der Waals surface area contributed by atoms with Crippen molar-refractivity contribution >= 4 is 23.3 Å². The zero-order valence-electron chi connectivity index (χ0n) is 16.3. The van der Waals surface area contributed by atoms with Crippen molar-refractivity contribution < 1.29 is 23.9 Å². The number of ether oxygens (including phenoxy) is 2. The predicted molar refractivity (Wildman–Crippen MR) is 107 cm³/mol. The molecule has 1 aliphatic heterocycles. The fourth-order valence-corrected chi connectivity index (χ4v) is 4.12. The van der Waals surface area contributed by atoms with Crippen LogP contribution >= 0.6 is 0 Å². The molecule has 4 rings (SSSR count). The van der Waals surface area contributed by atoms with E-state index in [0.29, 0.717) is 22.7 Å². The van der Waals surface area contributed by atoms with Gasteiger partial charge in [-0.3, -0.25) is 19.3 Å². The number of anilines is 1. The monoisotopic (exact) mass is 393 g/mol. The molecule has 1 aliphatic carbocycles. The Kier molecular flexibility index (Phi) is 5.34. The first-order valence-electron chi connectivity index (χ1n) is 9.86. The normalized spacial score (nSPS) is 21.1. The second kappa shape index (κ2) is 8.07. The number of benzene rings is 2. The van der Waals surface area contributed by atoms with E-state index in [1.807, 2.05) is 0 Å². The SMILES string of the molecule is COc1ccc(C(=O)COc2ccc(N3C(=O)C4CCCCC4C3=O)cc2)cc1. The summed E-state index contributed by atoms with van der Waals surface area (Å²) in [6.07, 6.45) is 3.59. The molecule has 1 saturated heterocycles. The molecule has 2 aromatic rings. The Labute approximate surface area is 169 Å². The van der Waals surface area contributed by atoms with Crippen LogP contribution in [0, 0.1) is 11.8 Å². The minimum Gasteiger partial charge on any atom is -0.497 e. The third kappa shape index (κ3) is 3.75. The first-order valence-corrected chi connectivity index (χ1v) is 9.86. The summed E-state index contributed by atoms with van der Waals surface area (Å²) >= 11 is 0. The third-order valence-corrected chi connectivity index (χ3v) is 5.72. The Morgan fingerprint density at radius 3 is 2.00 bits per heavy atom. The molecule has 2 fully saturated rings. The van der Waals surface area contributed by atoms with Gasteiger partial charge in [-0.15, -0.1) is 0 Å². The quantitative estimate of drug-likeness (QED) is 0.553. The van der Waals surface area contributed by atoms with Crippen LogP contribution in [0.15, 0.2) is 48.5 Å². The Balaban J connectivity index is 1.39. The van der Waals surface area contributed by atoms with Gasteiger partial charge in [-0.25, -0.2) is 0 Å². The van der Waals surface area contributed by atoms with Crippen molar-refractivity contribution in [1.82, 2.24) is 0 Å². The molecule has 1 heterocycles. The lowest BCUT2D eigenvalue weighted by Crippen LogP contribution is -2.30. The third-order valence-electron chi connectivity index (χ3n) is 5.72. The molecule has 0 radical (unpaired) electrons. The minimum absolute atomic E-state index is 0.0944. The molecule has 0 N–H and O–H groups in total. The fraction of sp³-hybridized carbons (Fsp3) is 0.348. The van der Waals surface area contributed by atoms with E-state index in [2.05, 4.69) is 0 Å². The maximum atomic E-state index is 12.7. The zero-order valence-corrected chi connectivity index (χ0v) is 16.3. The van der Waals surface area contributed by atoms with Gasteiger partial charge in [0.05, 0.1) is 24.6 Å². The van der Waals surface area contributed by atoms with E-state index in [1.165, 1.54) is 4.90 Å². The molecule has 0 spiro atoms. The molecule has 1 saturated carbocycles. The first kappa shape index (κ1) is 19.2. The van der Waals surface area contributed by atoms with Crippen LogP contribution in [0.25, 0.3) is 0 Å². The number of ketones is 1.